The van der Waals surface area contributed by atoms with E-state index in [1.54, 1.807) is 43.0 Å². The van der Waals surface area contributed by atoms with Crippen molar-refractivity contribution >= 4 is 28.9 Å². The molecular formula is C16H11ClN4O3. The van der Waals surface area contributed by atoms with Crippen LogP contribution in [0, 0.1) is 10.1 Å². The fourth-order valence-electron chi connectivity index (χ4n) is 2.18. The molecule has 0 aliphatic rings. The van der Waals surface area contributed by atoms with Crippen LogP contribution in [0.2, 0.25) is 5.02 Å². The van der Waals surface area contributed by atoms with Gasteiger partial charge in [-0.15, -0.1) is 0 Å². The van der Waals surface area contributed by atoms with Gasteiger partial charge in [-0.05, 0) is 36.4 Å². The largest absolute Gasteiger partial charge is 0.322 e. The van der Waals surface area contributed by atoms with Gasteiger partial charge in [0.2, 0.25) is 0 Å². The molecule has 0 atom stereocenters. The Bertz CT molecular complexity index is 892. The lowest BCUT2D eigenvalue weighted by Gasteiger charge is -2.08. The van der Waals surface area contributed by atoms with E-state index in [4.69, 9.17) is 11.6 Å². The second-order valence-corrected chi connectivity index (χ2v) is 5.33. The number of carbonyl (C=O) groups excluding carboxylic acids is 1. The second-order valence-electron chi connectivity index (χ2n) is 4.89. The number of halogens is 1. The van der Waals surface area contributed by atoms with E-state index in [1.807, 2.05) is 4.57 Å². The maximum Gasteiger partial charge on any atom is 0.283 e. The smallest absolute Gasteiger partial charge is 0.283 e. The Kier molecular flexibility index (Phi) is 4.26. The number of nitro benzene ring substituents is 1. The molecule has 7 nitrogen and oxygen atoms in total. The van der Waals surface area contributed by atoms with Crippen LogP contribution in [-0.2, 0) is 0 Å². The summed E-state index contributed by atoms with van der Waals surface area (Å²) in [5, 5.41) is 13.9. The number of amides is 1. The van der Waals surface area contributed by atoms with Gasteiger partial charge in [0.1, 0.15) is 5.56 Å². The van der Waals surface area contributed by atoms with Crippen LogP contribution >= 0.6 is 11.6 Å². The maximum absolute atomic E-state index is 12.3. The molecule has 120 valence electrons. The minimum Gasteiger partial charge on any atom is -0.322 e. The highest BCUT2D eigenvalue weighted by Crippen LogP contribution is 2.24. The number of rotatable bonds is 4. The van der Waals surface area contributed by atoms with Crippen molar-refractivity contribution in [1.82, 2.24) is 9.55 Å². The molecule has 2 aromatic carbocycles. The zero-order chi connectivity index (χ0) is 17.1. The average molecular weight is 343 g/mol. The van der Waals surface area contributed by atoms with Gasteiger partial charge in [0.05, 0.1) is 11.3 Å². The quantitative estimate of drug-likeness (QED) is 0.578. The summed E-state index contributed by atoms with van der Waals surface area (Å²) in [6.07, 6.45) is 5.12. The molecule has 0 fully saturated rings. The van der Waals surface area contributed by atoms with Crippen LogP contribution in [0.3, 0.4) is 0 Å². The van der Waals surface area contributed by atoms with E-state index in [0.717, 1.165) is 11.8 Å². The number of nitro groups is 1. The second kappa shape index (κ2) is 6.51. The molecule has 0 aliphatic carbocycles. The Morgan fingerprint density at radius 2 is 1.96 bits per heavy atom. The van der Waals surface area contributed by atoms with Crippen LogP contribution in [0.5, 0.6) is 0 Å². The first-order chi connectivity index (χ1) is 11.5. The predicted molar refractivity (Wildman–Crippen MR) is 89.6 cm³/mol. The molecule has 0 saturated carbocycles. The van der Waals surface area contributed by atoms with Gasteiger partial charge >= 0.3 is 0 Å². The van der Waals surface area contributed by atoms with Crippen molar-refractivity contribution in [1.29, 1.82) is 0 Å². The topological polar surface area (TPSA) is 90.1 Å². The van der Waals surface area contributed by atoms with E-state index in [-0.39, 0.29) is 16.3 Å². The summed E-state index contributed by atoms with van der Waals surface area (Å²) in [7, 11) is 0. The van der Waals surface area contributed by atoms with Crippen LogP contribution < -0.4 is 5.32 Å². The van der Waals surface area contributed by atoms with Gasteiger partial charge in [-0.2, -0.15) is 0 Å². The first-order valence-electron chi connectivity index (χ1n) is 6.88. The molecule has 1 amide bonds. The third-order valence-electron chi connectivity index (χ3n) is 3.33. The van der Waals surface area contributed by atoms with Gasteiger partial charge in [0.15, 0.2) is 0 Å². The number of nitrogens with one attached hydrogen (secondary N) is 1. The lowest BCUT2D eigenvalue weighted by molar-refractivity contribution is -0.385. The zero-order valence-corrected chi connectivity index (χ0v) is 13.0. The summed E-state index contributed by atoms with van der Waals surface area (Å²) in [6, 6.07) is 10.9. The van der Waals surface area contributed by atoms with E-state index in [9.17, 15) is 14.9 Å². The van der Waals surface area contributed by atoms with Gasteiger partial charge in [-0.1, -0.05) is 11.6 Å². The number of hydrogen-bond donors (Lipinski definition) is 1. The monoisotopic (exact) mass is 342 g/mol. The van der Waals surface area contributed by atoms with Gasteiger partial charge < -0.3 is 9.88 Å². The van der Waals surface area contributed by atoms with Crippen molar-refractivity contribution in [2.45, 2.75) is 0 Å². The fourth-order valence-corrected chi connectivity index (χ4v) is 2.34. The van der Waals surface area contributed by atoms with Crippen LogP contribution in [0.4, 0.5) is 11.4 Å². The van der Waals surface area contributed by atoms with Crippen molar-refractivity contribution in [2.75, 3.05) is 5.32 Å². The first kappa shape index (κ1) is 15.7. The highest BCUT2D eigenvalue weighted by atomic mass is 35.5. The highest BCUT2D eigenvalue weighted by molar-refractivity contribution is 6.31. The van der Waals surface area contributed by atoms with Crippen molar-refractivity contribution < 1.29 is 9.72 Å². The number of carbonyl (C=O) groups is 1. The molecule has 1 N–H and O–H groups in total. The van der Waals surface area contributed by atoms with E-state index in [1.165, 1.54) is 12.1 Å². The SMILES string of the molecule is O=C(Nc1ccc(-n2ccnc2)cc1)c1ccc(Cl)cc1[N+](=O)[O-]. The molecule has 1 heterocycles. The third-order valence-corrected chi connectivity index (χ3v) is 3.56. The molecule has 3 rings (SSSR count). The van der Waals surface area contributed by atoms with Crippen LogP contribution in [-0.4, -0.2) is 20.4 Å². The Hall–Kier alpha value is -3.19. The molecule has 0 unspecified atom stereocenters. The van der Waals surface area contributed by atoms with Gasteiger partial charge in [-0.3, -0.25) is 14.9 Å². The number of nitrogens with zero attached hydrogens (tertiary/aromatic N) is 3. The van der Waals surface area contributed by atoms with Crippen LogP contribution in [0.15, 0.2) is 61.2 Å². The molecule has 24 heavy (non-hydrogen) atoms. The Morgan fingerprint density at radius 3 is 2.58 bits per heavy atom. The summed E-state index contributed by atoms with van der Waals surface area (Å²) in [5.41, 5.74) is 1.01. The van der Waals surface area contributed by atoms with Gasteiger partial charge in [0.25, 0.3) is 11.6 Å². The van der Waals surface area contributed by atoms with Crippen molar-refractivity contribution in [2.24, 2.45) is 0 Å². The highest BCUT2D eigenvalue weighted by Gasteiger charge is 2.20. The standard InChI is InChI=1S/C16H11ClN4O3/c17-11-1-6-14(15(9-11)21(23)24)16(22)19-12-2-4-13(5-3-12)20-8-7-18-10-20/h1-10H,(H,19,22). The Morgan fingerprint density at radius 1 is 1.21 bits per heavy atom. The molecule has 0 spiro atoms. The van der Waals surface area contributed by atoms with Gasteiger partial charge in [-0.25, -0.2) is 4.98 Å². The van der Waals surface area contributed by atoms with Crippen molar-refractivity contribution in [3.05, 3.63) is 81.9 Å². The zero-order valence-electron chi connectivity index (χ0n) is 12.2. The van der Waals surface area contributed by atoms with E-state index < -0.39 is 10.8 Å². The molecule has 1 aromatic heterocycles. The minimum atomic E-state index is -0.636. The van der Waals surface area contributed by atoms with E-state index in [2.05, 4.69) is 10.3 Å². The Balaban J connectivity index is 1.81. The first-order valence-corrected chi connectivity index (χ1v) is 7.26. The number of anilines is 1. The molecule has 8 heteroatoms. The van der Waals surface area contributed by atoms with Crippen molar-refractivity contribution in [3.63, 3.8) is 0 Å². The fraction of sp³-hybridized carbons (Fsp3) is 0. The van der Waals surface area contributed by atoms with Crippen LogP contribution in [0.1, 0.15) is 10.4 Å². The van der Waals surface area contributed by atoms with Crippen molar-refractivity contribution in [3.8, 4) is 5.69 Å². The molecular weight excluding hydrogens is 332 g/mol. The van der Waals surface area contributed by atoms with E-state index >= 15 is 0 Å². The summed E-state index contributed by atoms with van der Waals surface area (Å²) in [4.78, 5) is 26.7. The Labute approximate surface area is 141 Å². The third kappa shape index (κ3) is 3.26. The summed E-state index contributed by atoms with van der Waals surface area (Å²) >= 11 is 5.75. The average Bonchev–Trinajstić information content (AvgIpc) is 3.09. The number of aromatic nitrogens is 2. The molecule has 0 saturated heterocycles. The molecule has 0 radical (unpaired) electrons. The predicted octanol–water partition coefficient (Wildman–Crippen LogP) is 3.69. The number of hydrogen-bond acceptors (Lipinski definition) is 4. The van der Waals surface area contributed by atoms with Crippen LogP contribution in [0.25, 0.3) is 5.69 Å². The molecule has 3 aromatic rings. The summed E-state index contributed by atoms with van der Waals surface area (Å²) in [6.45, 7) is 0. The normalized spacial score (nSPS) is 10.4. The number of benzene rings is 2. The minimum absolute atomic E-state index is 0.0527. The lowest BCUT2D eigenvalue weighted by Crippen LogP contribution is -2.14. The van der Waals surface area contributed by atoms with Gasteiger partial charge in [0, 0.05) is 34.9 Å². The number of imidazole rings is 1. The summed E-state index contributed by atoms with van der Waals surface area (Å²) in [5.74, 6) is -0.575. The molecule has 0 bridgehead atoms. The van der Waals surface area contributed by atoms with E-state index in [0.29, 0.717) is 5.69 Å². The maximum atomic E-state index is 12.3. The summed E-state index contributed by atoms with van der Waals surface area (Å²) < 4.78 is 1.82. The lowest BCUT2D eigenvalue weighted by atomic mass is 10.1. The molecule has 0 aliphatic heterocycles.